The highest BCUT2D eigenvalue weighted by Crippen LogP contribution is 2.37. The van der Waals surface area contributed by atoms with Crippen molar-refractivity contribution < 1.29 is 18.7 Å². The first-order valence-corrected chi connectivity index (χ1v) is 9.75. The smallest absolute Gasteiger partial charge is 0.341 e. The summed E-state index contributed by atoms with van der Waals surface area (Å²) in [6.45, 7) is 0. The van der Waals surface area contributed by atoms with Gasteiger partial charge in [-0.1, -0.05) is 6.07 Å². The van der Waals surface area contributed by atoms with E-state index in [9.17, 15) is 9.18 Å². The second kappa shape index (κ2) is 9.30. The molecule has 0 saturated carbocycles. The molecule has 0 aliphatic carbocycles. The van der Waals surface area contributed by atoms with Crippen LogP contribution in [0.4, 0.5) is 27.4 Å². The van der Waals surface area contributed by atoms with E-state index in [2.05, 4.69) is 30.7 Å². The molecule has 3 aromatic heterocycles. The highest BCUT2D eigenvalue weighted by atomic mass is 19.1. The molecule has 4 aromatic rings. The first-order valence-electron chi connectivity index (χ1n) is 9.75. The number of pyridine rings is 2. The number of halogens is 1. The van der Waals surface area contributed by atoms with Crippen molar-refractivity contribution in [2.75, 3.05) is 24.9 Å². The number of hydrogen-bond donors (Lipinski definition) is 2. The molecule has 0 aliphatic heterocycles. The van der Waals surface area contributed by atoms with Gasteiger partial charge in [0, 0.05) is 19.3 Å². The number of esters is 1. The van der Waals surface area contributed by atoms with Gasteiger partial charge < -0.3 is 20.1 Å². The monoisotopic (exact) mass is 449 g/mol. The second-order valence-corrected chi connectivity index (χ2v) is 6.85. The summed E-state index contributed by atoms with van der Waals surface area (Å²) in [6.07, 6.45) is 4.05. The Morgan fingerprint density at radius 2 is 1.82 bits per heavy atom. The van der Waals surface area contributed by atoms with E-state index in [-0.39, 0.29) is 5.56 Å². The van der Waals surface area contributed by atoms with Crippen molar-refractivity contribution in [3.63, 3.8) is 0 Å². The summed E-state index contributed by atoms with van der Waals surface area (Å²) in [4.78, 5) is 24.8. The fourth-order valence-corrected chi connectivity index (χ4v) is 3.12. The summed E-state index contributed by atoms with van der Waals surface area (Å²) < 4.78 is 25.3. The van der Waals surface area contributed by atoms with Crippen LogP contribution in [0.1, 0.15) is 10.4 Å². The number of rotatable bonds is 7. The van der Waals surface area contributed by atoms with E-state index in [0.29, 0.717) is 40.1 Å². The van der Waals surface area contributed by atoms with Crippen LogP contribution < -0.4 is 15.4 Å². The summed E-state index contributed by atoms with van der Waals surface area (Å²) in [5.41, 5.74) is 1.86. The standard InChI is InChI=1S/C22H20FN7O3/c1-30-12-26-21(29-30)14-5-4-6-16(20(14)32-2)27-17-9-19(25-11-15(17)22(31)33-3)28-18-8-7-13(23)10-24-18/h4-12H,1-3H3,(H2,24,25,27,28). The van der Waals surface area contributed by atoms with Gasteiger partial charge in [0.2, 0.25) is 0 Å². The quantitative estimate of drug-likeness (QED) is 0.407. The van der Waals surface area contributed by atoms with Crippen LogP contribution in [0.2, 0.25) is 0 Å². The van der Waals surface area contributed by atoms with Gasteiger partial charge in [-0.15, -0.1) is 0 Å². The largest absolute Gasteiger partial charge is 0.494 e. The molecular weight excluding hydrogens is 429 g/mol. The van der Waals surface area contributed by atoms with Crippen LogP contribution in [-0.2, 0) is 11.8 Å². The van der Waals surface area contributed by atoms with Gasteiger partial charge in [-0.25, -0.2) is 24.1 Å². The topological polar surface area (TPSA) is 116 Å². The van der Waals surface area contributed by atoms with Gasteiger partial charge in [-0.2, -0.15) is 5.10 Å². The van der Waals surface area contributed by atoms with Crippen LogP contribution in [0, 0.1) is 5.82 Å². The molecule has 0 radical (unpaired) electrons. The summed E-state index contributed by atoms with van der Waals surface area (Å²) in [5, 5.41) is 10.5. The molecule has 33 heavy (non-hydrogen) atoms. The normalized spacial score (nSPS) is 10.5. The molecule has 11 heteroatoms. The van der Waals surface area contributed by atoms with Crippen molar-refractivity contribution >= 4 is 29.0 Å². The SMILES string of the molecule is COC(=O)c1cnc(Nc2ccc(F)cn2)cc1Nc1cccc(-c2ncn(C)n2)c1OC. The van der Waals surface area contributed by atoms with Crippen molar-refractivity contribution in [3.05, 3.63) is 66.5 Å². The minimum absolute atomic E-state index is 0.207. The van der Waals surface area contributed by atoms with E-state index in [1.807, 2.05) is 12.1 Å². The van der Waals surface area contributed by atoms with Crippen LogP contribution in [0.25, 0.3) is 11.4 Å². The average molecular weight is 449 g/mol. The zero-order valence-corrected chi connectivity index (χ0v) is 18.0. The molecule has 4 rings (SSSR count). The van der Waals surface area contributed by atoms with E-state index in [1.54, 1.807) is 30.2 Å². The number of methoxy groups -OCH3 is 2. The maximum absolute atomic E-state index is 13.2. The van der Waals surface area contributed by atoms with E-state index >= 15 is 0 Å². The third kappa shape index (κ3) is 4.71. The number of benzene rings is 1. The molecule has 0 saturated heterocycles. The van der Waals surface area contributed by atoms with Crippen LogP contribution in [0.3, 0.4) is 0 Å². The molecule has 2 N–H and O–H groups in total. The van der Waals surface area contributed by atoms with Crippen LogP contribution in [0.15, 0.2) is 55.1 Å². The number of hydrogen-bond acceptors (Lipinski definition) is 9. The van der Waals surface area contributed by atoms with E-state index in [0.717, 1.165) is 6.20 Å². The van der Waals surface area contributed by atoms with Gasteiger partial charge >= 0.3 is 5.97 Å². The fourth-order valence-electron chi connectivity index (χ4n) is 3.12. The number of carbonyl (C=O) groups is 1. The van der Waals surface area contributed by atoms with Crippen LogP contribution >= 0.6 is 0 Å². The minimum atomic E-state index is -0.571. The molecule has 0 unspecified atom stereocenters. The zero-order valence-electron chi connectivity index (χ0n) is 18.0. The van der Waals surface area contributed by atoms with Gasteiger partial charge in [0.25, 0.3) is 0 Å². The third-order valence-corrected chi connectivity index (χ3v) is 4.62. The van der Waals surface area contributed by atoms with Crippen molar-refractivity contribution in [2.24, 2.45) is 7.05 Å². The fraction of sp³-hybridized carbons (Fsp3) is 0.136. The van der Waals surface area contributed by atoms with Crippen LogP contribution in [-0.4, -0.2) is 44.9 Å². The maximum atomic E-state index is 13.2. The first-order chi connectivity index (χ1) is 16.0. The lowest BCUT2D eigenvalue weighted by atomic mass is 10.1. The maximum Gasteiger partial charge on any atom is 0.341 e. The summed E-state index contributed by atoms with van der Waals surface area (Å²) >= 11 is 0. The minimum Gasteiger partial charge on any atom is -0.494 e. The lowest BCUT2D eigenvalue weighted by molar-refractivity contribution is 0.0601. The van der Waals surface area contributed by atoms with Gasteiger partial charge in [-0.05, 0) is 24.3 Å². The number of nitrogens with one attached hydrogen (secondary N) is 2. The Balaban J connectivity index is 1.73. The Bertz CT molecular complexity index is 1290. The second-order valence-electron chi connectivity index (χ2n) is 6.85. The summed E-state index contributed by atoms with van der Waals surface area (Å²) in [6, 6.07) is 9.81. The molecule has 0 aliphatic rings. The molecule has 0 bridgehead atoms. The number of ether oxygens (including phenoxy) is 2. The number of carbonyl (C=O) groups excluding carboxylic acids is 1. The molecule has 0 amide bonds. The van der Waals surface area contributed by atoms with Crippen molar-refractivity contribution in [1.82, 2.24) is 24.7 Å². The highest BCUT2D eigenvalue weighted by Gasteiger charge is 2.18. The van der Waals surface area contributed by atoms with E-state index in [1.165, 1.54) is 32.5 Å². The van der Waals surface area contributed by atoms with Crippen molar-refractivity contribution in [1.29, 1.82) is 0 Å². The average Bonchev–Trinajstić information content (AvgIpc) is 3.26. The number of para-hydroxylation sites is 1. The Morgan fingerprint density at radius 3 is 2.48 bits per heavy atom. The molecule has 168 valence electrons. The Kier molecular flexibility index (Phi) is 6.11. The lowest BCUT2D eigenvalue weighted by Gasteiger charge is -2.16. The first kappa shape index (κ1) is 21.7. The summed E-state index contributed by atoms with van der Waals surface area (Å²) in [5.74, 6) is 0.730. The number of aryl methyl sites for hydroxylation is 1. The molecule has 10 nitrogen and oxygen atoms in total. The number of nitrogens with zero attached hydrogens (tertiary/aromatic N) is 5. The summed E-state index contributed by atoms with van der Waals surface area (Å²) in [7, 11) is 4.59. The van der Waals surface area contributed by atoms with Crippen molar-refractivity contribution in [2.45, 2.75) is 0 Å². The predicted molar refractivity (Wildman–Crippen MR) is 119 cm³/mol. The lowest BCUT2D eigenvalue weighted by Crippen LogP contribution is -2.08. The molecular formula is C22H20FN7O3. The Morgan fingerprint density at radius 1 is 1.00 bits per heavy atom. The molecule has 0 atom stereocenters. The molecule has 0 spiro atoms. The number of anilines is 4. The van der Waals surface area contributed by atoms with Gasteiger partial charge in [-0.3, -0.25) is 4.68 Å². The van der Waals surface area contributed by atoms with E-state index in [4.69, 9.17) is 9.47 Å². The highest BCUT2D eigenvalue weighted by molar-refractivity contribution is 5.97. The predicted octanol–water partition coefficient (Wildman–Crippen LogP) is 3.69. The molecule has 0 fully saturated rings. The zero-order chi connectivity index (χ0) is 23.4. The van der Waals surface area contributed by atoms with Gasteiger partial charge in [0.15, 0.2) is 11.6 Å². The van der Waals surface area contributed by atoms with E-state index < -0.39 is 11.8 Å². The molecule has 1 aromatic carbocycles. The Hall–Kier alpha value is -4.54. The number of aromatic nitrogens is 5. The van der Waals surface area contributed by atoms with Gasteiger partial charge in [0.05, 0.1) is 37.4 Å². The van der Waals surface area contributed by atoms with Gasteiger partial charge in [0.1, 0.15) is 29.3 Å². The van der Waals surface area contributed by atoms with Crippen molar-refractivity contribution in [3.8, 4) is 17.1 Å². The molecule has 3 heterocycles. The third-order valence-electron chi connectivity index (χ3n) is 4.62. The Labute approximate surface area is 188 Å². The van der Waals surface area contributed by atoms with Crippen LogP contribution in [0.5, 0.6) is 5.75 Å².